The molecule has 2 aromatic rings. The van der Waals surface area contributed by atoms with Gasteiger partial charge in [0.2, 0.25) is 0 Å². The third-order valence-corrected chi connectivity index (χ3v) is 5.48. The molecule has 2 atom stereocenters. The summed E-state index contributed by atoms with van der Waals surface area (Å²) in [6.07, 6.45) is 8.81. The average Bonchev–Trinajstić information content (AvgIpc) is 3.15. The van der Waals surface area contributed by atoms with Crippen LogP contribution < -0.4 is 5.32 Å². The summed E-state index contributed by atoms with van der Waals surface area (Å²) in [6.45, 7) is 4.53. The van der Waals surface area contributed by atoms with E-state index in [0.29, 0.717) is 12.0 Å². The predicted molar refractivity (Wildman–Crippen MR) is 90.7 cm³/mol. The standard InChI is InChI=1S/C17H26N6/c1-12-5-6-14-15(10-12)21-17-19-11-20-23(17)16(14)18-8-7-13-4-3-9-22(13)2/h11-13,18H,3-10H2,1-2H3. The SMILES string of the molecule is CC1CCc2c(nc3ncnn3c2NCCC2CCCN2C)C1. The first-order valence-corrected chi connectivity index (χ1v) is 8.88. The van der Waals surface area contributed by atoms with E-state index in [2.05, 4.69) is 34.3 Å². The van der Waals surface area contributed by atoms with Crippen molar-refractivity contribution in [1.82, 2.24) is 24.5 Å². The van der Waals surface area contributed by atoms with E-state index < -0.39 is 0 Å². The molecule has 6 heteroatoms. The zero-order valence-electron chi connectivity index (χ0n) is 14.1. The second-order valence-corrected chi connectivity index (χ2v) is 7.20. The number of fused-ring (bicyclic) bond motifs is 2. The number of hydrogen-bond acceptors (Lipinski definition) is 5. The first-order valence-electron chi connectivity index (χ1n) is 8.88. The molecule has 2 aromatic heterocycles. The zero-order valence-corrected chi connectivity index (χ0v) is 14.1. The van der Waals surface area contributed by atoms with Gasteiger partial charge in [-0.2, -0.15) is 14.6 Å². The number of nitrogens with one attached hydrogen (secondary N) is 1. The van der Waals surface area contributed by atoms with Crippen LogP contribution in [0.25, 0.3) is 5.78 Å². The topological polar surface area (TPSA) is 58.4 Å². The lowest BCUT2D eigenvalue weighted by Crippen LogP contribution is -2.27. The molecule has 1 fully saturated rings. The molecule has 4 rings (SSSR count). The van der Waals surface area contributed by atoms with Crippen LogP contribution in [0.5, 0.6) is 0 Å². The molecular weight excluding hydrogens is 288 g/mol. The molecular formula is C17H26N6. The lowest BCUT2D eigenvalue weighted by Gasteiger charge is -2.24. The second kappa shape index (κ2) is 6.07. The van der Waals surface area contributed by atoms with Crippen molar-refractivity contribution in [2.75, 3.05) is 25.5 Å². The van der Waals surface area contributed by atoms with Crippen molar-refractivity contribution in [3.8, 4) is 0 Å². The van der Waals surface area contributed by atoms with Gasteiger partial charge < -0.3 is 10.2 Å². The number of nitrogens with zero attached hydrogens (tertiary/aromatic N) is 5. The number of likely N-dealkylation sites (tertiary alicyclic amines) is 1. The first kappa shape index (κ1) is 14.9. The van der Waals surface area contributed by atoms with E-state index >= 15 is 0 Å². The lowest BCUT2D eigenvalue weighted by atomic mass is 9.88. The van der Waals surface area contributed by atoms with Crippen molar-refractivity contribution in [3.05, 3.63) is 17.6 Å². The number of hydrogen-bond donors (Lipinski definition) is 1. The Morgan fingerprint density at radius 3 is 3.09 bits per heavy atom. The zero-order chi connectivity index (χ0) is 15.8. The highest BCUT2D eigenvalue weighted by Crippen LogP contribution is 2.30. The van der Waals surface area contributed by atoms with Gasteiger partial charge in [-0.3, -0.25) is 0 Å². The molecule has 2 unspecified atom stereocenters. The van der Waals surface area contributed by atoms with Gasteiger partial charge in [0.1, 0.15) is 12.1 Å². The molecule has 0 aromatic carbocycles. The van der Waals surface area contributed by atoms with Gasteiger partial charge in [0.15, 0.2) is 0 Å². The normalized spacial score (nSPS) is 25.0. The molecule has 0 radical (unpaired) electrons. The van der Waals surface area contributed by atoms with Crippen LogP contribution in [0, 0.1) is 5.92 Å². The fourth-order valence-electron chi connectivity index (χ4n) is 4.06. The molecule has 0 spiro atoms. The molecule has 124 valence electrons. The fraction of sp³-hybridized carbons (Fsp3) is 0.706. The van der Waals surface area contributed by atoms with Crippen LogP contribution in [0.15, 0.2) is 6.33 Å². The summed E-state index contributed by atoms with van der Waals surface area (Å²) in [6, 6.07) is 0.714. The Labute approximate surface area is 137 Å². The monoisotopic (exact) mass is 314 g/mol. The van der Waals surface area contributed by atoms with Gasteiger partial charge in [0.05, 0.1) is 5.69 Å². The van der Waals surface area contributed by atoms with E-state index in [4.69, 9.17) is 4.98 Å². The molecule has 23 heavy (non-hydrogen) atoms. The number of aromatic nitrogens is 4. The van der Waals surface area contributed by atoms with Gasteiger partial charge in [-0.25, -0.2) is 4.98 Å². The Bertz CT molecular complexity index is 694. The number of rotatable bonds is 4. The highest BCUT2D eigenvalue weighted by molar-refractivity contribution is 5.53. The van der Waals surface area contributed by atoms with Gasteiger partial charge in [-0.1, -0.05) is 6.92 Å². The van der Waals surface area contributed by atoms with Gasteiger partial charge in [-0.15, -0.1) is 0 Å². The largest absolute Gasteiger partial charge is 0.370 e. The van der Waals surface area contributed by atoms with Crippen LogP contribution in [0.4, 0.5) is 5.82 Å². The maximum absolute atomic E-state index is 4.73. The summed E-state index contributed by atoms with van der Waals surface area (Å²) in [5.41, 5.74) is 2.56. The van der Waals surface area contributed by atoms with Crippen molar-refractivity contribution >= 4 is 11.6 Å². The summed E-state index contributed by atoms with van der Waals surface area (Å²) < 4.78 is 1.88. The quantitative estimate of drug-likeness (QED) is 0.937. The smallest absolute Gasteiger partial charge is 0.254 e. The first-order chi connectivity index (χ1) is 11.2. The Morgan fingerprint density at radius 1 is 1.35 bits per heavy atom. The van der Waals surface area contributed by atoms with Crippen LogP contribution in [0.1, 0.15) is 43.9 Å². The van der Waals surface area contributed by atoms with Crippen LogP contribution in [-0.2, 0) is 12.8 Å². The second-order valence-electron chi connectivity index (χ2n) is 7.20. The van der Waals surface area contributed by atoms with E-state index in [9.17, 15) is 0 Å². The van der Waals surface area contributed by atoms with Crippen molar-refractivity contribution < 1.29 is 0 Å². The lowest BCUT2D eigenvalue weighted by molar-refractivity contribution is 0.301. The molecule has 1 aliphatic carbocycles. The summed E-state index contributed by atoms with van der Waals surface area (Å²) in [5, 5.41) is 8.04. The van der Waals surface area contributed by atoms with Crippen LogP contribution in [0.3, 0.4) is 0 Å². The minimum absolute atomic E-state index is 0.709. The molecule has 0 amide bonds. The van der Waals surface area contributed by atoms with Crippen molar-refractivity contribution in [3.63, 3.8) is 0 Å². The maximum Gasteiger partial charge on any atom is 0.254 e. The van der Waals surface area contributed by atoms with E-state index in [0.717, 1.165) is 31.0 Å². The van der Waals surface area contributed by atoms with Gasteiger partial charge in [0, 0.05) is 18.2 Å². The minimum atomic E-state index is 0.709. The third-order valence-electron chi connectivity index (χ3n) is 5.48. The Morgan fingerprint density at radius 2 is 2.26 bits per heavy atom. The van der Waals surface area contributed by atoms with E-state index in [1.165, 1.54) is 43.5 Å². The molecule has 1 saturated heterocycles. The highest BCUT2D eigenvalue weighted by Gasteiger charge is 2.24. The van der Waals surface area contributed by atoms with Crippen LogP contribution in [0.2, 0.25) is 0 Å². The van der Waals surface area contributed by atoms with Gasteiger partial charge >= 0.3 is 0 Å². The van der Waals surface area contributed by atoms with Crippen molar-refractivity contribution in [2.45, 2.75) is 51.5 Å². The average molecular weight is 314 g/mol. The Hall–Kier alpha value is -1.69. The Kier molecular flexibility index (Phi) is 3.93. The Balaban J connectivity index is 1.56. The molecule has 0 bridgehead atoms. The van der Waals surface area contributed by atoms with Crippen molar-refractivity contribution in [2.24, 2.45) is 5.92 Å². The van der Waals surface area contributed by atoms with E-state index in [1.54, 1.807) is 6.33 Å². The molecule has 1 aliphatic heterocycles. The molecule has 6 nitrogen and oxygen atoms in total. The molecule has 0 saturated carbocycles. The molecule has 2 aliphatic rings. The van der Waals surface area contributed by atoms with Crippen LogP contribution >= 0.6 is 0 Å². The van der Waals surface area contributed by atoms with Gasteiger partial charge in [-0.05, 0) is 58.0 Å². The predicted octanol–water partition coefficient (Wildman–Crippen LogP) is 2.15. The molecule has 3 heterocycles. The van der Waals surface area contributed by atoms with Gasteiger partial charge in [0.25, 0.3) is 5.78 Å². The highest BCUT2D eigenvalue weighted by atomic mass is 15.4. The van der Waals surface area contributed by atoms with Crippen LogP contribution in [-0.4, -0.2) is 50.7 Å². The summed E-state index contributed by atoms with van der Waals surface area (Å²) in [5.74, 6) is 2.55. The summed E-state index contributed by atoms with van der Waals surface area (Å²) in [4.78, 5) is 11.5. The molecule has 1 N–H and O–H groups in total. The van der Waals surface area contributed by atoms with E-state index in [1.807, 2.05) is 4.52 Å². The number of anilines is 1. The van der Waals surface area contributed by atoms with E-state index in [-0.39, 0.29) is 0 Å². The van der Waals surface area contributed by atoms with Crippen molar-refractivity contribution in [1.29, 1.82) is 0 Å². The summed E-state index contributed by atoms with van der Waals surface area (Å²) >= 11 is 0. The minimum Gasteiger partial charge on any atom is -0.370 e. The fourth-order valence-corrected chi connectivity index (χ4v) is 4.06. The third kappa shape index (κ3) is 2.80. The maximum atomic E-state index is 4.73. The summed E-state index contributed by atoms with van der Waals surface area (Å²) in [7, 11) is 2.24.